The number of pyridine rings is 1. The van der Waals surface area contributed by atoms with Gasteiger partial charge in [-0.3, -0.25) is 0 Å². The summed E-state index contributed by atoms with van der Waals surface area (Å²) in [4.78, 5) is 20.3. The number of aryl methyl sites for hydroxylation is 1. The molecule has 1 aromatic carbocycles. The summed E-state index contributed by atoms with van der Waals surface area (Å²) in [6.07, 6.45) is 7.75. The third-order valence-corrected chi connectivity index (χ3v) is 6.43. The quantitative estimate of drug-likeness (QED) is 0.565. The molecule has 1 aromatic heterocycles. The Labute approximate surface area is 197 Å². The lowest BCUT2D eigenvalue weighted by Crippen LogP contribution is -2.41. The second kappa shape index (κ2) is 10.3. The summed E-state index contributed by atoms with van der Waals surface area (Å²) < 4.78 is 0. The molecule has 4 rings (SSSR count). The third-order valence-electron chi connectivity index (χ3n) is 6.43. The van der Waals surface area contributed by atoms with Crippen molar-refractivity contribution in [1.82, 2.24) is 15.3 Å². The lowest BCUT2D eigenvalue weighted by molar-refractivity contribution is 0.195. The van der Waals surface area contributed by atoms with Crippen LogP contribution in [0, 0.1) is 12.8 Å². The zero-order valence-electron chi connectivity index (χ0n) is 20.3. The molecule has 0 bridgehead atoms. The average Bonchev–Trinajstić information content (AvgIpc) is 2.94. The van der Waals surface area contributed by atoms with E-state index in [9.17, 15) is 4.79 Å². The molecule has 1 saturated carbocycles. The molecular formula is C26H36N6O. The van der Waals surface area contributed by atoms with E-state index in [-0.39, 0.29) is 12.1 Å². The zero-order valence-corrected chi connectivity index (χ0v) is 20.3. The van der Waals surface area contributed by atoms with Crippen LogP contribution in [0.2, 0.25) is 0 Å². The highest BCUT2D eigenvalue weighted by molar-refractivity contribution is 6.13. The number of nitrogens with one attached hydrogen (secondary N) is 2. The van der Waals surface area contributed by atoms with Crippen LogP contribution in [-0.4, -0.2) is 47.9 Å². The first kappa shape index (κ1) is 23.2. The summed E-state index contributed by atoms with van der Waals surface area (Å²) in [5.74, 6) is 0.984. The van der Waals surface area contributed by atoms with Gasteiger partial charge in [0.25, 0.3) is 0 Å². The topological polar surface area (TPSA) is 72.9 Å². The van der Waals surface area contributed by atoms with E-state index in [1.165, 1.54) is 19.3 Å². The highest BCUT2D eigenvalue weighted by Crippen LogP contribution is 2.38. The van der Waals surface area contributed by atoms with E-state index >= 15 is 0 Å². The van der Waals surface area contributed by atoms with Gasteiger partial charge in [0.1, 0.15) is 5.82 Å². The number of hydrogen-bond acceptors (Lipinski definition) is 5. The maximum absolute atomic E-state index is 13.9. The van der Waals surface area contributed by atoms with Crippen LogP contribution in [0.4, 0.5) is 22.0 Å². The van der Waals surface area contributed by atoms with Crippen LogP contribution in [0.25, 0.3) is 0 Å². The van der Waals surface area contributed by atoms with Gasteiger partial charge in [-0.25, -0.2) is 19.7 Å². The fourth-order valence-corrected chi connectivity index (χ4v) is 4.65. The van der Waals surface area contributed by atoms with E-state index in [4.69, 9.17) is 5.10 Å². The van der Waals surface area contributed by atoms with Crippen molar-refractivity contribution in [2.24, 2.45) is 11.0 Å². The highest BCUT2D eigenvalue weighted by Gasteiger charge is 2.35. The lowest BCUT2D eigenvalue weighted by Gasteiger charge is -2.28. The van der Waals surface area contributed by atoms with Gasteiger partial charge in [-0.1, -0.05) is 31.4 Å². The van der Waals surface area contributed by atoms with Gasteiger partial charge < -0.3 is 10.6 Å². The van der Waals surface area contributed by atoms with Crippen LogP contribution in [0.3, 0.4) is 0 Å². The summed E-state index contributed by atoms with van der Waals surface area (Å²) in [6.45, 7) is 7.77. The molecule has 0 atom stereocenters. The number of likely N-dealkylation sites (N-methyl/N-ethyl adjacent to an activating group) is 1. The van der Waals surface area contributed by atoms with E-state index in [1.54, 1.807) is 16.1 Å². The van der Waals surface area contributed by atoms with E-state index < -0.39 is 0 Å². The number of hydrogen-bond donors (Lipinski definition) is 2. The van der Waals surface area contributed by atoms with Gasteiger partial charge in [0.15, 0.2) is 0 Å². The van der Waals surface area contributed by atoms with Crippen molar-refractivity contribution in [3.05, 3.63) is 47.7 Å². The van der Waals surface area contributed by atoms with Crippen LogP contribution in [0.1, 0.15) is 57.1 Å². The van der Waals surface area contributed by atoms with Crippen molar-refractivity contribution in [1.29, 1.82) is 0 Å². The Morgan fingerprint density at radius 2 is 1.88 bits per heavy atom. The van der Waals surface area contributed by atoms with Crippen LogP contribution >= 0.6 is 0 Å². The number of anilines is 3. The third kappa shape index (κ3) is 5.03. The molecule has 2 N–H and O–H groups in total. The molecule has 0 saturated heterocycles. The zero-order chi connectivity index (χ0) is 23.4. The summed E-state index contributed by atoms with van der Waals surface area (Å²) >= 11 is 0. The van der Waals surface area contributed by atoms with Gasteiger partial charge in [0.05, 0.1) is 29.3 Å². The molecule has 1 aliphatic carbocycles. The molecule has 2 aromatic rings. The fraction of sp³-hybridized carbons (Fsp3) is 0.500. The fourth-order valence-electron chi connectivity index (χ4n) is 4.65. The molecule has 33 heavy (non-hydrogen) atoms. The number of fused-ring (bicyclic) bond motifs is 1. The molecule has 7 heteroatoms. The lowest BCUT2D eigenvalue weighted by atomic mass is 9.82. The first-order valence-electron chi connectivity index (χ1n) is 12.2. The largest absolute Gasteiger partial charge is 0.383 e. The molecule has 1 aliphatic heterocycles. The number of urea groups is 1. The van der Waals surface area contributed by atoms with Gasteiger partial charge in [-0.15, -0.1) is 0 Å². The highest BCUT2D eigenvalue weighted by atomic mass is 16.2. The van der Waals surface area contributed by atoms with E-state index in [0.29, 0.717) is 11.7 Å². The standard InChI is InChI=1S/C26H36N6O/c1-18(2)32-26(33)31(24-13-11-21(17-29-24)28-15-14-27-4)23-16-19(3)10-12-22(23)25(30-32)20-8-6-5-7-9-20/h10-13,16-18,20,27-28H,5-9,14-15H2,1-4H3. The molecular weight excluding hydrogens is 412 g/mol. The monoisotopic (exact) mass is 448 g/mol. The van der Waals surface area contributed by atoms with Crippen LogP contribution < -0.4 is 15.5 Å². The summed E-state index contributed by atoms with van der Waals surface area (Å²) in [7, 11) is 1.93. The Morgan fingerprint density at radius 3 is 2.55 bits per heavy atom. The number of nitrogens with zero attached hydrogens (tertiary/aromatic N) is 4. The van der Waals surface area contributed by atoms with Crippen molar-refractivity contribution in [3.63, 3.8) is 0 Å². The molecule has 0 radical (unpaired) electrons. The molecule has 1 fully saturated rings. The molecule has 0 spiro atoms. The number of benzene rings is 1. The number of carbonyl (C=O) groups excluding carboxylic acids is 1. The smallest absolute Gasteiger partial charge is 0.350 e. The van der Waals surface area contributed by atoms with Gasteiger partial charge >= 0.3 is 6.03 Å². The first-order chi connectivity index (χ1) is 16.0. The first-order valence-corrected chi connectivity index (χ1v) is 12.2. The maximum Gasteiger partial charge on any atom is 0.350 e. The molecule has 2 amide bonds. The number of hydrazone groups is 1. The van der Waals surface area contributed by atoms with Crippen molar-refractivity contribution < 1.29 is 4.79 Å². The van der Waals surface area contributed by atoms with Crippen molar-refractivity contribution in [3.8, 4) is 0 Å². The minimum atomic E-state index is -0.161. The Bertz CT molecular complexity index is 994. The van der Waals surface area contributed by atoms with Gasteiger partial charge in [0.2, 0.25) is 0 Å². The van der Waals surface area contributed by atoms with Gasteiger partial charge in [-0.05, 0) is 64.4 Å². The SMILES string of the molecule is CNCCNc1ccc(N2C(=O)N(C(C)C)N=C(C3CCCCC3)c3ccc(C)cc32)nc1. The van der Waals surface area contributed by atoms with E-state index in [0.717, 1.165) is 54.1 Å². The average molecular weight is 449 g/mol. The van der Waals surface area contributed by atoms with Crippen molar-refractivity contribution in [2.45, 2.75) is 58.9 Å². The predicted molar refractivity (Wildman–Crippen MR) is 135 cm³/mol. The Morgan fingerprint density at radius 1 is 1.09 bits per heavy atom. The van der Waals surface area contributed by atoms with Crippen molar-refractivity contribution in [2.75, 3.05) is 30.4 Å². The number of aromatic nitrogens is 1. The molecule has 2 heterocycles. The van der Waals surface area contributed by atoms with Crippen LogP contribution in [-0.2, 0) is 0 Å². The number of carbonyl (C=O) groups is 1. The molecule has 176 valence electrons. The minimum absolute atomic E-state index is 0.0588. The Kier molecular flexibility index (Phi) is 7.28. The maximum atomic E-state index is 13.9. The summed E-state index contributed by atoms with van der Waals surface area (Å²) in [6, 6.07) is 10.0. The number of rotatable bonds is 7. The van der Waals surface area contributed by atoms with Gasteiger partial charge in [-0.2, -0.15) is 5.10 Å². The summed E-state index contributed by atoms with van der Waals surface area (Å²) in [5, 5.41) is 13.1. The molecule has 7 nitrogen and oxygen atoms in total. The van der Waals surface area contributed by atoms with Crippen LogP contribution in [0.15, 0.2) is 41.6 Å². The number of amides is 2. The second-order valence-corrected chi connectivity index (χ2v) is 9.33. The Hall–Kier alpha value is -2.93. The van der Waals surface area contributed by atoms with E-state index in [1.807, 2.05) is 33.0 Å². The molecule has 2 aliphatic rings. The predicted octanol–water partition coefficient (Wildman–Crippen LogP) is 5.29. The normalized spacial score (nSPS) is 17.1. The Balaban J connectivity index is 1.78. The summed E-state index contributed by atoms with van der Waals surface area (Å²) in [5.41, 5.74) is 5.00. The van der Waals surface area contributed by atoms with Crippen LogP contribution in [0.5, 0.6) is 0 Å². The minimum Gasteiger partial charge on any atom is -0.383 e. The van der Waals surface area contributed by atoms with E-state index in [2.05, 4.69) is 40.7 Å². The molecule has 0 unspecified atom stereocenters. The van der Waals surface area contributed by atoms with Gasteiger partial charge in [0, 0.05) is 24.6 Å². The van der Waals surface area contributed by atoms with Crippen molar-refractivity contribution >= 4 is 28.9 Å². The second-order valence-electron chi connectivity index (χ2n) is 9.33.